The van der Waals surface area contributed by atoms with Crippen LogP contribution >= 0.6 is 15.9 Å². The SMILES string of the molecule is CCOC(=O)c1ccc(S(=O)(=O)Oc2ccc(C)cc2[N+](=O)[O-])c(Br)c1. The highest BCUT2D eigenvalue weighted by molar-refractivity contribution is 9.10. The van der Waals surface area contributed by atoms with Crippen molar-refractivity contribution in [3.05, 3.63) is 62.1 Å². The van der Waals surface area contributed by atoms with Crippen LogP contribution in [0.1, 0.15) is 22.8 Å². The standard InChI is InChI=1S/C16H14BrNO7S/c1-3-24-16(19)11-5-7-15(12(17)9-11)26(22,23)25-14-6-4-10(2)8-13(14)18(20)21/h4-9H,3H2,1-2H3. The van der Waals surface area contributed by atoms with Gasteiger partial charge in [0.05, 0.1) is 17.1 Å². The van der Waals surface area contributed by atoms with Crippen LogP contribution in [0.5, 0.6) is 5.75 Å². The molecule has 0 atom stereocenters. The third kappa shape index (κ3) is 4.38. The molecule has 0 saturated heterocycles. The molecule has 0 unspecified atom stereocenters. The van der Waals surface area contributed by atoms with Crippen molar-refractivity contribution in [2.75, 3.05) is 6.61 Å². The summed E-state index contributed by atoms with van der Waals surface area (Å²) in [7, 11) is -4.37. The van der Waals surface area contributed by atoms with Crippen molar-refractivity contribution in [3.63, 3.8) is 0 Å². The van der Waals surface area contributed by atoms with Gasteiger partial charge in [0, 0.05) is 10.5 Å². The number of hydrogen-bond donors (Lipinski definition) is 0. The summed E-state index contributed by atoms with van der Waals surface area (Å²) in [5.41, 5.74) is 0.272. The molecule has 0 saturated carbocycles. The van der Waals surface area contributed by atoms with Gasteiger partial charge in [-0.25, -0.2) is 4.79 Å². The summed E-state index contributed by atoms with van der Waals surface area (Å²) in [5.74, 6) is -1.01. The Morgan fingerprint density at radius 2 is 1.92 bits per heavy atom. The molecule has 138 valence electrons. The van der Waals surface area contributed by atoms with E-state index in [-0.39, 0.29) is 21.5 Å². The monoisotopic (exact) mass is 443 g/mol. The van der Waals surface area contributed by atoms with Gasteiger partial charge < -0.3 is 8.92 Å². The molecule has 26 heavy (non-hydrogen) atoms. The van der Waals surface area contributed by atoms with Gasteiger partial charge in [0.1, 0.15) is 4.90 Å². The van der Waals surface area contributed by atoms with Crippen molar-refractivity contribution in [1.29, 1.82) is 0 Å². The van der Waals surface area contributed by atoms with Crippen molar-refractivity contribution in [3.8, 4) is 5.75 Å². The topological polar surface area (TPSA) is 113 Å². The Morgan fingerprint density at radius 3 is 2.50 bits per heavy atom. The van der Waals surface area contributed by atoms with Crippen molar-refractivity contribution in [2.45, 2.75) is 18.7 Å². The minimum atomic E-state index is -4.37. The predicted molar refractivity (Wildman–Crippen MR) is 95.7 cm³/mol. The van der Waals surface area contributed by atoms with Gasteiger partial charge in [0.25, 0.3) is 0 Å². The highest BCUT2D eigenvalue weighted by atomic mass is 79.9. The van der Waals surface area contributed by atoms with Gasteiger partial charge in [0.2, 0.25) is 5.75 Å². The third-order valence-corrected chi connectivity index (χ3v) is 5.44. The highest BCUT2D eigenvalue weighted by Gasteiger charge is 2.26. The molecule has 0 amide bonds. The summed E-state index contributed by atoms with van der Waals surface area (Å²) in [5, 5.41) is 11.1. The minimum absolute atomic E-state index is 0.0674. The Bertz CT molecular complexity index is 973. The van der Waals surface area contributed by atoms with E-state index in [2.05, 4.69) is 15.9 Å². The summed E-state index contributed by atoms with van der Waals surface area (Å²) in [6.45, 7) is 3.46. The maximum absolute atomic E-state index is 12.5. The van der Waals surface area contributed by atoms with E-state index in [9.17, 15) is 23.3 Å². The zero-order valence-electron chi connectivity index (χ0n) is 13.8. The normalized spacial score (nSPS) is 11.0. The van der Waals surface area contributed by atoms with Crippen molar-refractivity contribution < 1.29 is 27.1 Å². The molecule has 0 radical (unpaired) electrons. The molecule has 10 heteroatoms. The summed E-state index contributed by atoms with van der Waals surface area (Å²) in [4.78, 5) is 21.8. The second-order valence-corrected chi connectivity index (χ2v) is 7.50. The summed E-state index contributed by atoms with van der Waals surface area (Å²) < 4.78 is 34.9. The molecule has 2 rings (SSSR count). The van der Waals surface area contributed by atoms with Crippen molar-refractivity contribution in [2.24, 2.45) is 0 Å². The number of carbonyl (C=O) groups excluding carboxylic acids is 1. The van der Waals surface area contributed by atoms with Crippen LogP contribution in [-0.4, -0.2) is 25.9 Å². The maximum Gasteiger partial charge on any atom is 0.340 e. The van der Waals surface area contributed by atoms with Crippen LogP contribution in [0.25, 0.3) is 0 Å². The Balaban J connectivity index is 2.40. The molecule has 2 aromatic carbocycles. The first-order valence-corrected chi connectivity index (χ1v) is 9.52. The second kappa shape index (κ2) is 7.83. The molecule has 0 fully saturated rings. The molecule has 0 aromatic heterocycles. The van der Waals surface area contributed by atoms with Gasteiger partial charge in [-0.3, -0.25) is 10.1 Å². The van der Waals surface area contributed by atoms with Gasteiger partial charge in [-0.2, -0.15) is 8.42 Å². The first-order chi connectivity index (χ1) is 12.2. The number of esters is 1. The molecule has 2 aromatic rings. The number of ether oxygens (including phenoxy) is 1. The maximum atomic E-state index is 12.5. The van der Waals surface area contributed by atoms with E-state index in [4.69, 9.17) is 8.92 Å². The van der Waals surface area contributed by atoms with Crippen LogP contribution in [0.3, 0.4) is 0 Å². The molecule has 0 heterocycles. The smallest absolute Gasteiger partial charge is 0.340 e. The number of aryl methyl sites for hydroxylation is 1. The molecule has 0 aliphatic rings. The number of carbonyl (C=O) groups is 1. The number of nitrogens with zero attached hydrogens (tertiary/aromatic N) is 1. The zero-order chi connectivity index (χ0) is 19.5. The van der Waals surface area contributed by atoms with E-state index < -0.39 is 32.4 Å². The molecular weight excluding hydrogens is 430 g/mol. The lowest BCUT2D eigenvalue weighted by Crippen LogP contribution is -2.12. The highest BCUT2D eigenvalue weighted by Crippen LogP contribution is 2.32. The quantitative estimate of drug-likeness (QED) is 0.290. The van der Waals surface area contributed by atoms with Crippen molar-refractivity contribution >= 4 is 37.7 Å². The lowest BCUT2D eigenvalue weighted by molar-refractivity contribution is -0.385. The Kier molecular flexibility index (Phi) is 5.98. The van der Waals surface area contributed by atoms with Gasteiger partial charge >= 0.3 is 21.8 Å². The van der Waals surface area contributed by atoms with E-state index >= 15 is 0 Å². The van der Waals surface area contributed by atoms with Crippen LogP contribution in [0, 0.1) is 17.0 Å². The fourth-order valence-corrected chi connectivity index (χ4v) is 4.02. The number of rotatable bonds is 6. The molecule has 8 nitrogen and oxygen atoms in total. The summed E-state index contributed by atoms with van der Waals surface area (Å²) in [6.07, 6.45) is 0. The van der Waals surface area contributed by atoms with Gasteiger partial charge in [-0.1, -0.05) is 6.07 Å². The van der Waals surface area contributed by atoms with E-state index in [0.29, 0.717) is 5.56 Å². The van der Waals surface area contributed by atoms with Crippen LogP contribution in [0.15, 0.2) is 45.8 Å². The average molecular weight is 444 g/mol. The number of hydrogen-bond acceptors (Lipinski definition) is 7. The predicted octanol–water partition coefficient (Wildman–Crippen LogP) is 3.61. The Labute approximate surface area is 158 Å². The number of benzene rings is 2. The summed E-state index contributed by atoms with van der Waals surface area (Å²) in [6, 6.07) is 7.62. The molecule has 0 spiro atoms. The van der Waals surface area contributed by atoms with Gasteiger partial charge in [0.15, 0.2) is 0 Å². The number of halogens is 1. The molecular formula is C16H14BrNO7S. The summed E-state index contributed by atoms with van der Waals surface area (Å²) >= 11 is 3.07. The molecule has 0 aliphatic carbocycles. The zero-order valence-corrected chi connectivity index (χ0v) is 16.2. The van der Waals surface area contributed by atoms with Gasteiger partial charge in [-0.05, 0) is 59.6 Å². The average Bonchev–Trinajstić information content (AvgIpc) is 2.56. The lowest BCUT2D eigenvalue weighted by atomic mass is 10.2. The van der Waals surface area contributed by atoms with E-state index in [1.54, 1.807) is 13.8 Å². The fraction of sp³-hybridized carbons (Fsp3) is 0.188. The lowest BCUT2D eigenvalue weighted by Gasteiger charge is -2.10. The molecule has 0 bridgehead atoms. The van der Waals surface area contributed by atoms with Crippen LogP contribution in [0.2, 0.25) is 0 Å². The minimum Gasteiger partial charge on any atom is -0.462 e. The Hall–Kier alpha value is -2.46. The molecule has 0 aliphatic heterocycles. The third-order valence-electron chi connectivity index (χ3n) is 3.22. The largest absolute Gasteiger partial charge is 0.462 e. The fourth-order valence-electron chi connectivity index (χ4n) is 2.05. The second-order valence-electron chi connectivity index (χ2n) is 5.13. The van der Waals surface area contributed by atoms with Crippen LogP contribution < -0.4 is 4.18 Å². The van der Waals surface area contributed by atoms with E-state index in [0.717, 1.165) is 6.07 Å². The molecule has 0 N–H and O–H groups in total. The Morgan fingerprint density at radius 1 is 1.23 bits per heavy atom. The number of nitro benzene ring substituents is 1. The van der Waals surface area contributed by atoms with E-state index in [1.165, 1.54) is 30.3 Å². The van der Waals surface area contributed by atoms with Gasteiger partial charge in [-0.15, -0.1) is 0 Å². The van der Waals surface area contributed by atoms with Crippen LogP contribution in [0.4, 0.5) is 5.69 Å². The number of nitro groups is 1. The van der Waals surface area contributed by atoms with Crippen molar-refractivity contribution in [1.82, 2.24) is 0 Å². The first kappa shape index (κ1) is 19.9. The first-order valence-electron chi connectivity index (χ1n) is 7.32. The van der Waals surface area contributed by atoms with Crippen LogP contribution in [-0.2, 0) is 14.9 Å². The van der Waals surface area contributed by atoms with E-state index in [1.807, 2.05) is 0 Å².